The molecule has 0 unspecified atom stereocenters. The van der Waals surface area contributed by atoms with Crippen LogP contribution in [0.5, 0.6) is 0 Å². The van der Waals surface area contributed by atoms with Crippen molar-refractivity contribution in [2.24, 2.45) is 0 Å². The van der Waals surface area contributed by atoms with Gasteiger partial charge >= 0.3 is 0 Å². The summed E-state index contributed by atoms with van der Waals surface area (Å²) in [5.74, 6) is 0. The Kier molecular flexibility index (Phi) is 4.01. The zero-order valence-corrected chi connectivity index (χ0v) is 11.6. The zero-order chi connectivity index (χ0) is 11.7. The molecule has 5 heteroatoms. The molecule has 0 aromatic heterocycles. The quantitative estimate of drug-likeness (QED) is 0.803. The van der Waals surface area contributed by atoms with Crippen molar-refractivity contribution in [1.29, 1.82) is 0 Å². The maximum atomic E-state index is 9.72. The Labute approximate surface area is 113 Å². The van der Waals surface area contributed by atoms with Gasteiger partial charge in [-0.25, -0.2) is 0 Å². The lowest BCUT2D eigenvalue weighted by molar-refractivity contribution is 0.172. The SMILES string of the molecule is O[C@@H]1CCC[C@H]1Nc1ccc(Br)c(Cl)c1Cl. The van der Waals surface area contributed by atoms with Gasteiger partial charge < -0.3 is 10.4 Å². The number of hydrogen-bond donors (Lipinski definition) is 2. The number of halogens is 3. The van der Waals surface area contributed by atoms with Gasteiger partial charge in [0.25, 0.3) is 0 Å². The first-order valence-electron chi connectivity index (χ1n) is 5.17. The van der Waals surface area contributed by atoms with Crippen LogP contribution in [0.4, 0.5) is 5.69 Å². The molecule has 88 valence electrons. The highest BCUT2D eigenvalue weighted by atomic mass is 79.9. The predicted octanol–water partition coefficient (Wildman–Crippen LogP) is 4.08. The van der Waals surface area contributed by atoms with Gasteiger partial charge in [-0.1, -0.05) is 23.2 Å². The van der Waals surface area contributed by atoms with Crippen LogP contribution in [0.2, 0.25) is 10.0 Å². The summed E-state index contributed by atoms with van der Waals surface area (Å²) < 4.78 is 0.775. The van der Waals surface area contributed by atoms with E-state index in [1.54, 1.807) is 0 Å². The molecule has 0 bridgehead atoms. The summed E-state index contributed by atoms with van der Waals surface area (Å²) in [5.41, 5.74) is 0.779. The molecule has 2 N–H and O–H groups in total. The predicted molar refractivity (Wildman–Crippen MR) is 71.4 cm³/mol. The number of rotatable bonds is 2. The van der Waals surface area contributed by atoms with E-state index in [1.165, 1.54) is 0 Å². The number of anilines is 1. The Morgan fingerprint density at radius 3 is 2.62 bits per heavy atom. The average Bonchev–Trinajstić information content (AvgIpc) is 2.65. The van der Waals surface area contributed by atoms with Gasteiger partial charge in [0.2, 0.25) is 0 Å². The fourth-order valence-corrected chi connectivity index (χ4v) is 2.77. The molecule has 2 rings (SSSR count). The van der Waals surface area contributed by atoms with Gasteiger partial charge in [-0.3, -0.25) is 0 Å². The van der Waals surface area contributed by atoms with Crippen LogP contribution in [0.15, 0.2) is 16.6 Å². The van der Waals surface area contributed by atoms with Crippen molar-refractivity contribution in [3.63, 3.8) is 0 Å². The van der Waals surface area contributed by atoms with Gasteiger partial charge in [0.15, 0.2) is 0 Å². The molecule has 0 heterocycles. The number of aliphatic hydroxyl groups is 1. The minimum Gasteiger partial charge on any atom is -0.391 e. The van der Waals surface area contributed by atoms with E-state index < -0.39 is 0 Å². The third kappa shape index (κ3) is 2.48. The highest BCUT2D eigenvalue weighted by Gasteiger charge is 2.25. The summed E-state index contributed by atoms with van der Waals surface area (Å²) in [5, 5.41) is 14.0. The minimum absolute atomic E-state index is 0.0785. The highest BCUT2D eigenvalue weighted by Crippen LogP contribution is 2.37. The number of aliphatic hydroxyl groups excluding tert-OH is 1. The van der Waals surface area contributed by atoms with Crippen LogP contribution in [0.25, 0.3) is 0 Å². The Morgan fingerprint density at radius 2 is 2.00 bits per heavy atom. The molecule has 1 aliphatic carbocycles. The van der Waals surface area contributed by atoms with Crippen LogP contribution in [0.3, 0.4) is 0 Å². The molecule has 1 fully saturated rings. The summed E-state index contributed by atoms with van der Waals surface area (Å²) in [6, 6.07) is 3.79. The lowest BCUT2D eigenvalue weighted by Crippen LogP contribution is -2.28. The van der Waals surface area contributed by atoms with Crippen LogP contribution in [-0.4, -0.2) is 17.3 Å². The number of benzene rings is 1. The molecule has 1 aromatic carbocycles. The molecular weight excluding hydrogens is 313 g/mol. The van der Waals surface area contributed by atoms with Crippen LogP contribution in [0, 0.1) is 0 Å². The molecule has 1 aromatic rings. The van der Waals surface area contributed by atoms with E-state index in [2.05, 4.69) is 21.2 Å². The zero-order valence-electron chi connectivity index (χ0n) is 8.51. The van der Waals surface area contributed by atoms with E-state index >= 15 is 0 Å². The molecule has 1 saturated carbocycles. The van der Waals surface area contributed by atoms with Crippen molar-refractivity contribution in [3.05, 3.63) is 26.7 Å². The van der Waals surface area contributed by atoms with E-state index in [1.807, 2.05) is 12.1 Å². The monoisotopic (exact) mass is 323 g/mol. The van der Waals surface area contributed by atoms with Gasteiger partial charge in [-0.2, -0.15) is 0 Å². The third-order valence-corrected chi connectivity index (χ3v) is 4.63. The Bertz CT molecular complexity index is 400. The second-order valence-corrected chi connectivity index (χ2v) is 5.58. The van der Waals surface area contributed by atoms with Crippen LogP contribution in [-0.2, 0) is 0 Å². The molecule has 2 nitrogen and oxygen atoms in total. The molecule has 2 atom stereocenters. The maximum absolute atomic E-state index is 9.72. The van der Waals surface area contributed by atoms with Gasteiger partial charge in [0.05, 0.1) is 27.9 Å². The Morgan fingerprint density at radius 1 is 1.25 bits per heavy atom. The Hall–Kier alpha value is 0.0400. The largest absolute Gasteiger partial charge is 0.391 e. The fraction of sp³-hybridized carbons (Fsp3) is 0.455. The van der Waals surface area contributed by atoms with Crippen LogP contribution >= 0.6 is 39.1 Å². The third-order valence-electron chi connectivity index (χ3n) is 2.86. The molecule has 0 amide bonds. The lowest BCUT2D eigenvalue weighted by atomic mass is 10.2. The van der Waals surface area contributed by atoms with E-state index in [-0.39, 0.29) is 12.1 Å². The van der Waals surface area contributed by atoms with E-state index in [0.717, 1.165) is 29.4 Å². The normalized spacial score (nSPS) is 24.8. The van der Waals surface area contributed by atoms with Crippen LogP contribution in [0.1, 0.15) is 19.3 Å². The van der Waals surface area contributed by atoms with Crippen LogP contribution < -0.4 is 5.32 Å². The van der Waals surface area contributed by atoms with Gasteiger partial charge in [-0.15, -0.1) is 0 Å². The molecule has 0 saturated heterocycles. The van der Waals surface area contributed by atoms with Crippen molar-refractivity contribution < 1.29 is 5.11 Å². The number of nitrogens with one attached hydrogen (secondary N) is 1. The lowest BCUT2D eigenvalue weighted by Gasteiger charge is -2.19. The molecular formula is C11H12BrCl2NO. The highest BCUT2D eigenvalue weighted by molar-refractivity contribution is 9.10. The van der Waals surface area contributed by atoms with Crippen molar-refractivity contribution in [1.82, 2.24) is 0 Å². The molecule has 1 aliphatic rings. The fourth-order valence-electron chi connectivity index (χ4n) is 1.95. The molecule has 0 spiro atoms. The summed E-state index contributed by atoms with van der Waals surface area (Å²) >= 11 is 15.5. The minimum atomic E-state index is -0.293. The Balaban J connectivity index is 2.18. The summed E-state index contributed by atoms with van der Waals surface area (Å²) in [6.45, 7) is 0. The molecule has 16 heavy (non-hydrogen) atoms. The maximum Gasteiger partial charge on any atom is 0.0835 e. The van der Waals surface area contributed by atoms with E-state index in [4.69, 9.17) is 23.2 Å². The smallest absolute Gasteiger partial charge is 0.0835 e. The average molecular weight is 325 g/mol. The van der Waals surface area contributed by atoms with Gasteiger partial charge in [-0.05, 0) is 47.3 Å². The first-order valence-corrected chi connectivity index (χ1v) is 6.72. The standard InChI is InChI=1S/C11H12BrCl2NO/c12-6-4-5-8(11(14)10(6)13)15-7-2-1-3-9(7)16/h4-5,7,9,15-16H,1-3H2/t7-,9-/m1/s1. The molecule has 0 radical (unpaired) electrons. The van der Waals surface area contributed by atoms with Gasteiger partial charge in [0, 0.05) is 4.47 Å². The molecule has 0 aliphatic heterocycles. The number of hydrogen-bond acceptors (Lipinski definition) is 2. The first kappa shape index (κ1) is 12.5. The topological polar surface area (TPSA) is 32.3 Å². The second-order valence-electron chi connectivity index (χ2n) is 3.97. The summed E-state index contributed by atoms with van der Waals surface area (Å²) in [6.07, 6.45) is 2.56. The van der Waals surface area contributed by atoms with Crippen molar-refractivity contribution >= 4 is 44.8 Å². The van der Waals surface area contributed by atoms with E-state index in [0.29, 0.717) is 10.0 Å². The summed E-state index contributed by atoms with van der Waals surface area (Å²) in [7, 11) is 0. The van der Waals surface area contributed by atoms with Crippen molar-refractivity contribution in [2.45, 2.75) is 31.4 Å². The first-order chi connectivity index (χ1) is 7.59. The van der Waals surface area contributed by atoms with Crippen molar-refractivity contribution in [2.75, 3.05) is 5.32 Å². The second kappa shape index (κ2) is 5.13. The van der Waals surface area contributed by atoms with E-state index in [9.17, 15) is 5.11 Å². The van der Waals surface area contributed by atoms with Gasteiger partial charge in [0.1, 0.15) is 0 Å². The summed E-state index contributed by atoms with van der Waals surface area (Å²) in [4.78, 5) is 0. The van der Waals surface area contributed by atoms with Crippen molar-refractivity contribution in [3.8, 4) is 0 Å².